The Morgan fingerprint density at radius 3 is 2.87 bits per heavy atom. The quantitative estimate of drug-likeness (QED) is 0.776. The van der Waals surface area contributed by atoms with Gasteiger partial charge in [0, 0.05) is 17.1 Å². The van der Waals surface area contributed by atoms with Crippen LogP contribution in [0.2, 0.25) is 0 Å². The average Bonchev–Trinajstić information content (AvgIpc) is 2.93. The van der Waals surface area contributed by atoms with Gasteiger partial charge in [0.1, 0.15) is 0 Å². The standard InChI is InChI=1S/C16H25N3O3S/c1-10-5-3-4-6-13(10)19-15(21)11(2)22-14(20)8-7-12-9-18-16(17)23-12/h9-11,13H,3-8H2,1-2H3,(H2,17,18)(H,19,21)/t10-,11+,13-/m1/s1. The SMILES string of the molecule is C[C@H](OC(=O)CCc1cnc(N)s1)C(=O)N[C@@H]1CCCC[C@H]1C. The fraction of sp³-hybridized carbons (Fsp3) is 0.688. The number of esters is 1. The molecule has 0 unspecified atom stereocenters. The summed E-state index contributed by atoms with van der Waals surface area (Å²) in [5.41, 5.74) is 5.54. The van der Waals surface area contributed by atoms with Gasteiger partial charge in [0.15, 0.2) is 11.2 Å². The summed E-state index contributed by atoms with van der Waals surface area (Å²) in [4.78, 5) is 28.9. The van der Waals surface area contributed by atoms with Crippen molar-refractivity contribution in [3.05, 3.63) is 11.1 Å². The first-order chi connectivity index (χ1) is 11.0. The predicted molar refractivity (Wildman–Crippen MR) is 90.0 cm³/mol. The Morgan fingerprint density at radius 2 is 2.22 bits per heavy atom. The lowest BCUT2D eigenvalue weighted by molar-refractivity contribution is -0.155. The Hall–Kier alpha value is -1.63. The van der Waals surface area contributed by atoms with Crippen LogP contribution < -0.4 is 11.1 Å². The van der Waals surface area contributed by atoms with E-state index < -0.39 is 6.10 Å². The second-order valence-corrected chi connectivity index (χ2v) is 7.32. The molecule has 1 amide bonds. The zero-order chi connectivity index (χ0) is 16.8. The number of ether oxygens (including phenoxy) is 1. The molecular formula is C16H25N3O3S. The summed E-state index contributed by atoms with van der Waals surface area (Å²) in [7, 11) is 0. The first-order valence-electron chi connectivity index (χ1n) is 8.15. The van der Waals surface area contributed by atoms with Gasteiger partial charge in [-0.15, -0.1) is 11.3 Å². The highest BCUT2D eigenvalue weighted by molar-refractivity contribution is 7.15. The van der Waals surface area contributed by atoms with Crippen molar-refractivity contribution >= 4 is 28.3 Å². The second kappa shape index (κ2) is 8.29. The normalized spacial score (nSPS) is 22.3. The topological polar surface area (TPSA) is 94.3 Å². The van der Waals surface area contributed by atoms with Gasteiger partial charge >= 0.3 is 5.97 Å². The van der Waals surface area contributed by atoms with Crippen LogP contribution in [0.5, 0.6) is 0 Å². The first-order valence-corrected chi connectivity index (χ1v) is 8.97. The van der Waals surface area contributed by atoms with Crippen molar-refractivity contribution in [1.82, 2.24) is 10.3 Å². The molecule has 0 saturated heterocycles. The fourth-order valence-corrected chi connectivity index (χ4v) is 3.49. The minimum atomic E-state index is -0.761. The number of nitrogens with one attached hydrogen (secondary N) is 1. The molecule has 1 heterocycles. The van der Waals surface area contributed by atoms with Crippen LogP contribution in [0.1, 0.15) is 50.8 Å². The number of hydrogen-bond acceptors (Lipinski definition) is 6. The molecule has 0 radical (unpaired) electrons. The van der Waals surface area contributed by atoms with E-state index in [4.69, 9.17) is 10.5 Å². The van der Waals surface area contributed by atoms with Gasteiger partial charge in [-0.25, -0.2) is 4.98 Å². The zero-order valence-electron chi connectivity index (χ0n) is 13.7. The lowest BCUT2D eigenvalue weighted by Gasteiger charge is -2.30. The van der Waals surface area contributed by atoms with Crippen molar-refractivity contribution in [3.8, 4) is 0 Å². The molecule has 7 heteroatoms. The van der Waals surface area contributed by atoms with Crippen LogP contribution in [0, 0.1) is 5.92 Å². The third-order valence-corrected chi connectivity index (χ3v) is 5.15. The van der Waals surface area contributed by atoms with Crippen LogP contribution in [0.3, 0.4) is 0 Å². The summed E-state index contributed by atoms with van der Waals surface area (Å²) < 4.78 is 5.22. The number of anilines is 1. The summed E-state index contributed by atoms with van der Waals surface area (Å²) in [6.45, 7) is 3.77. The zero-order valence-corrected chi connectivity index (χ0v) is 14.5. The average molecular weight is 339 g/mol. The van der Waals surface area contributed by atoms with Gasteiger partial charge in [0.05, 0.1) is 6.42 Å². The van der Waals surface area contributed by atoms with Crippen LogP contribution in [0.4, 0.5) is 5.13 Å². The molecule has 0 spiro atoms. The van der Waals surface area contributed by atoms with Crippen molar-refractivity contribution in [3.63, 3.8) is 0 Å². The summed E-state index contributed by atoms with van der Waals surface area (Å²) in [6.07, 6.45) is 6.15. The Kier molecular flexibility index (Phi) is 6.38. The van der Waals surface area contributed by atoms with Crippen molar-refractivity contribution in [2.75, 3.05) is 5.73 Å². The third-order valence-electron chi connectivity index (χ3n) is 4.26. The van der Waals surface area contributed by atoms with E-state index in [0.29, 0.717) is 17.5 Å². The Balaban J connectivity index is 1.72. The molecule has 128 valence electrons. The predicted octanol–water partition coefficient (Wildman–Crippen LogP) is 2.28. The van der Waals surface area contributed by atoms with Crippen molar-refractivity contribution in [1.29, 1.82) is 0 Å². The number of amides is 1. The van der Waals surface area contributed by atoms with Gasteiger partial charge in [-0.1, -0.05) is 19.8 Å². The van der Waals surface area contributed by atoms with E-state index in [1.807, 2.05) is 0 Å². The molecule has 1 saturated carbocycles. The number of hydrogen-bond donors (Lipinski definition) is 2. The van der Waals surface area contributed by atoms with Gasteiger partial charge in [0.25, 0.3) is 5.91 Å². The maximum Gasteiger partial charge on any atom is 0.306 e. The van der Waals surface area contributed by atoms with Gasteiger partial charge in [-0.2, -0.15) is 0 Å². The molecule has 1 aliphatic carbocycles. The molecule has 0 aliphatic heterocycles. The molecule has 1 aliphatic rings. The van der Waals surface area contributed by atoms with Gasteiger partial charge in [-0.3, -0.25) is 9.59 Å². The number of aromatic nitrogens is 1. The molecule has 3 N–H and O–H groups in total. The van der Waals surface area contributed by atoms with E-state index in [9.17, 15) is 9.59 Å². The maximum atomic E-state index is 12.2. The van der Waals surface area contributed by atoms with E-state index in [1.54, 1.807) is 13.1 Å². The number of carbonyl (C=O) groups excluding carboxylic acids is 2. The van der Waals surface area contributed by atoms with Crippen LogP contribution in [-0.2, 0) is 20.7 Å². The molecule has 1 aromatic rings. The summed E-state index contributed by atoms with van der Waals surface area (Å²) in [5, 5.41) is 3.50. The molecule has 0 aromatic carbocycles. The van der Waals surface area contributed by atoms with Crippen LogP contribution in [-0.4, -0.2) is 29.0 Å². The molecular weight excluding hydrogens is 314 g/mol. The molecule has 2 rings (SSSR count). The minimum absolute atomic E-state index is 0.192. The van der Waals surface area contributed by atoms with E-state index in [0.717, 1.165) is 24.1 Å². The second-order valence-electron chi connectivity index (χ2n) is 6.17. The number of rotatable bonds is 6. The first kappa shape index (κ1) is 17.7. The van der Waals surface area contributed by atoms with Crippen LogP contribution >= 0.6 is 11.3 Å². The van der Waals surface area contributed by atoms with Crippen molar-refractivity contribution in [2.24, 2.45) is 5.92 Å². The molecule has 0 bridgehead atoms. The third kappa shape index (κ3) is 5.49. The number of nitrogen functional groups attached to an aromatic ring is 1. The molecule has 23 heavy (non-hydrogen) atoms. The van der Waals surface area contributed by atoms with E-state index in [2.05, 4.69) is 17.2 Å². The van der Waals surface area contributed by atoms with Crippen molar-refractivity contribution < 1.29 is 14.3 Å². The summed E-state index contributed by atoms with van der Waals surface area (Å²) in [5.74, 6) is -0.108. The van der Waals surface area contributed by atoms with E-state index >= 15 is 0 Å². The highest BCUT2D eigenvalue weighted by atomic mass is 32.1. The highest BCUT2D eigenvalue weighted by Crippen LogP contribution is 2.23. The van der Waals surface area contributed by atoms with Crippen LogP contribution in [0.25, 0.3) is 0 Å². The van der Waals surface area contributed by atoms with E-state index in [-0.39, 0.29) is 24.3 Å². The highest BCUT2D eigenvalue weighted by Gasteiger charge is 2.26. The van der Waals surface area contributed by atoms with Crippen molar-refractivity contribution in [2.45, 2.75) is 64.5 Å². The smallest absolute Gasteiger partial charge is 0.306 e. The van der Waals surface area contributed by atoms with Gasteiger partial charge in [0.2, 0.25) is 0 Å². The Labute approximate surface area is 140 Å². The van der Waals surface area contributed by atoms with Crippen LogP contribution in [0.15, 0.2) is 6.20 Å². The molecule has 1 fully saturated rings. The van der Waals surface area contributed by atoms with Gasteiger partial charge in [-0.05, 0) is 32.1 Å². The largest absolute Gasteiger partial charge is 0.453 e. The number of nitrogens with two attached hydrogens (primary N) is 1. The lowest BCUT2D eigenvalue weighted by atomic mass is 9.86. The molecule has 3 atom stereocenters. The Morgan fingerprint density at radius 1 is 1.48 bits per heavy atom. The number of carbonyl (C=O) groups is 2. The lowest BCUT2D eigenvalue weighted by Crippen LogP contribution is -2.46. The molecule has 1 aromatic heterocycles. The minimum Gasteiger partial charge on any atom is -0.453 e. The number of aryl methyl sites for hydroxylation is 1. The number of thiazole rings is 1. The van der Waals surface area contributed by atoms with E-state index in [1.165, 1.54) is 17.8 Å². The number of nitrogens with zero attached hydrogens (tertiary/aromatic N) is 1. The molecule has 6 nitrogen and oxygen atoms in total. The monoisotopic (exact) mass is 339 g/mol. The summed E-state index contributed by atoms with van der Waals surface area (Å²) >= 11 is 1.36. The van der Waals surface area contributed by atoms with Gasteiger partial charge < -0.3 is 15.8 Å². The summed E-state index contributed by atoms with van der Waals surface area (Å²) in [6, 6.07) is 0.192. The Bertz CT molecular complexity index is 546. The fourth-order valence-electron chi connectivity index (χ4n) is 2.80. The maximum absolute atomic E-state index is 12.2.